The van der Waals surface area contributed by atoms with Gasteiger partial charge >= 0.3 is 11.9 Å². The maximum absolute atomic E-state index is 12.3. The van der Waals surface area contributed by atoms with Crippen molar-refractivity contribution < 1.29 is 24.2 Å². The smallest absolute Gasteiger partial charge is 0.336 e. The zero-order chi connectivity index (χ0) is 22.5. The van der Waals surface area contributed by atoms with Gasteiger partial charge in [0.2, 0.25) is 0 Å². The largest absolute Gasteiger partial charge is 0.493 e. The van der Waals surface area contributed by atoms with Crippen molar-refractivity contribution in [2.24, 2.45) is 0 Å². The van der Waals surface area contributed by atoms with E-state index in [-0.39, 0.29) is 27.2 Å². The molecule has 1 aliphatic rings. The second kappa shape index (κ2) is 9.63. The first-order valence-corrected chi connectivity index (χ1v) is 9.92. The third-order valence-corrected chi connectivity index (χ3v) is 5.00. The number of hydrogen-bond donors (Lipinski definition) is 3. The minimum atomic E-state index is -1.11. The number of ether oxygens (including phenoxy) is 2. The van der Waals surface area contributed by atoms with Crippen molar-refractivity contribution >= 4 is 46.9 Å². The van der Waals surface area contributed by atoms with E-state index in [0.717, 1.165) is 5.56 Å². The van der Waals surface area contributed by atoms with E-state index in [0.29, 0.717) is 11.3 Å². The molecule has 2 aromatic rings. The van der Waals surface area contributed by atoms with Crippen LogP contribution in [-0.2, 0) is 9.59 Å². The molecule has 0 spiro atoms. The maximum Gasteiger partial charge on any atom is 0.336 e. The van der Waals surface area contributed by atoms with Crippen molar-refractivity contribution in [3.8, 4) is 11.5 Å². The number of halogens is 1. The summed E-state index contributed by atoms with van der Waals surface area (Å²) in [6.07, 6.45) is 2.89. The molecule has 0 bridgehead atoms. The summed E-state index contributed by atoms with van der Waals surface area (Å²) in [5.41, 5.74) is 1.83. The molecule has 31 heavy (non-hydrogen) atoms. The van der Waals surface area contributed by atoms with E-state index in [1.807, 2.05) is 30.3 Å². The first kappa shape index (κ1) is 22.3. The van der Waals surface area contributed by atoms with E-state index >= 15 is 0 Å². The number of hydrogen-bond acceptors (Lipinski definition) is 5. The molecule has 3 rings (SSSR count). The van der Waals surface area contributed by atoms with Crippen LogP contribution >= 0.6 is 23.8 Å². The third kappa shape index (κ3) is 5.22. The molecule has 0 fully saturated rings. The highest BCUT2D eigenvalue weighted by Crippen LogP contribution is 2.40. The molecule has 0 aromatic heterocycles. The van der Waals surface area contributed by atoms with Gasteiger partial charge in [0.15, 0.2) is 16.6 Å². The van der Waals surface area contributed by atoms with Crippen LogP contribution in [0.1, 0.15) is 24.1 Å². The summed E-state index contributed by atoms with van der Waals surface area (Å²) < 4.78 is 10.7. The topological polar surface area (TPSA) is 96.9 Å². The number of allylic oxidation sites excluding steroid dienone is 1. The zero-order valence-electron chi connectivity index (χ0n) is 16.6. The second-order valence-electron chi connectivity index (χ2n) is 6.57. The summed E-state index contributed by atoms with van der Waals surface area (Å²) >= 11 is 11.5. The number of aliphatic carboxylic acids is 1. The number of esters is 1. The minimum Gasteiger partial charge on any atom is -0.493 e. The molecule has 0 radical (unpaired) electrons. The van der Waals surface area contributed by atoms with Gasteiger partial charge in [0, 0.05) is 11.8 Å². The van der Waals surface area contributed by atoms with Crippen LogP contribution < -0.4 is 20.1 Å². The lowest BCUT2D eigenvalue weighted by molar-refractivity contribution is -0.133. The SMILES string of the molecule is COc1cc(C2NC(=S)NC(C)=C2C(=O)O)cc(Cl)c1OC(=O)C=Cc1ccccc1. The number of carbonyl (C=O) groups is 2. The van der Waals surface area contributed by atoms with Crippen molar-refractivity contribution in [2.75, 3.05) is 7.11 Å². The first-order valence-electron chi connectivity index (χ1n) is 9.14. The number of nitrogens with one attached hydrogen (secondary N) is 2. The van der Waals surface area contributed by atoms with Gasteiger partial charge in [-0.3, -0.25) is 0 Å². The van der Waals surface area contributed by atoms with Crippen LogP contribution in [-0.4, -0.2) is 29.3 Å². The molecule has 0 amide bonds. The Hall–Kier alpha value is -3.36. The van der Waals surface area contributed by atoms with Crippen molar-refractivity contribution in [2.45, 2.75) is 13.0 Å². The second-order valence-corrected chi connectivity index (χ2v) is 7.39. The Morgan fingerprint density at radius 3 is 2.58 bits per heavy atom. The van der Waals surface area contributed by atoms with Crippen LogP contribution in [0.5, 0.6) is 11.5 Å². The van der Waals surface area contributed by atoms with Gasteiger partial charge in [-0.1, -0.05) is 41.9 Å². The summed E-state index contributed by atoms with van der Waals surface area (Å²) in [5.74, 6) is -1.54. The van der Waals surface area contributed by atoms with Crippen LogP contribution in [0.3, 0.4) is 0 Å². The molecule has 3 N–H and O–H groups in total. The number of rotatable bonds is 6. The van der Waals surface area contributed by atoms with Crippen molar-refractivity contribution in [3.63, 3.8) is 0 Å². The summed E-state index contributed by atoms with van der Waals surface area (Å²) in [5, 5.41) is 15.7. The lowest BCUT2D eigenvalue weighted by atomic mass is 9.95. The molecule has 2 aromatic carbocycles. The minimum absolute atomic E-state index is 0.0321. The quantitative estimate of drug-likeness (QED) is 0.260. The summed E-state index contributed by atoms with van der Waals surface area (Å²) in [6.45, 7) is 1.62. The molecular weight excluding hydrogens is 440 g/mol. The average molecular weight is 459 g/mol. The van der Waals surface area contributed by atoms with Gasteiger partial charge in [-0.05, 0) is 48.5 Å². The molecule has 1 unspecified atom stereocenters. The number of thiocarbonyl (C=S) groups is 1. The Bertz CT molecular complexity index is 1100. The van der Waals surface area contributed by atoms with E-state index < -0.39 is 18.0 Å². The van der Waals surface area contributed by atoms with Gasteiger partial charge in [0.05, 0.1) is 23.7 Å². The Morgan fingerprint density at radius 1 is 1.23 bits per heavy atom. The summed E-state index contributed by atoms with van der Waals surface area (Å²) in [6, 6.07) is 11.6. The molecule has 1 aliphatic heterocycles. The van der Waals surface area contributed by atoms with Crippen LogP contribution in [0.2, 0.25) is 5.02 Å². The normalized spacial score (nSPS) is 16.0. The lowest BCUT2D eigenvalue weighted by Gasteiger charge is -2.29. The fourth-order valence-corrected chi connectivity index (χ4v) is 3.62. The zero-order valence-corrected chi connectivity index (χ0v) is 18.2. The molecule has 7 nitrogen and oxygen atoms in total. The summed E-state index contributed by atoms with van der Waals surface area (Å²) in [7, 11) is 1.40. The Balaban J connectivity index is 1.90. The van der Waals surface area contributed by atoms with E-state index in [2.05, 4.69) is 10.6 Å². The monoisotopic (exact) mass is 458 g/mol. The van der Waals surface area contributed by atoms with Crippen molar-refractivity contribution in [1.29, 1.82) is 0 Å². The fourth-order valence-electron chi connectivity index (χ4n) is 3.10. The van der Waals surface area contributed by atoms with Gasteiger partial charge in [0.25, 0.3) is 0 Å². The van der Waals surface area contributed by atoms with Crippen LogP contribution in [0.15, 0.2) is 59.8 Å². The highest BCUT2D eigenvalue weighted by Gasteiger charge is 2.31. The fraction of sp³-hybridized carbons (Fsp3) is 0.136. The predicted octanol–water partition coefficient (Wildman–Crippen LogP) is 3.84. The number of carboxylic acid groups (broad SMARTS) is 1. The number of carboxylic acids is 1. The van der Waals surface area contributed by atoms with Gasteiger partial charge < -0.3 is 25.2 Å². The molecular formula is C22H19ClN2O5S. The third-order valence-electron chi connectivity index (χ3n) is 4.50. The van der Waals surface area contributed by atoms with Gasteiger partial charge in [-0.25, -0.2) is 9.59 Å². The Morgan fingerprint density at radius 2 is 1.94 bits per heavy atom. The van der Waals surface area contributed by atoms with Crippen molar-refractivity contribution in [3.05, 3.63) is 76.0 Å². The Kier molecular flexibility index (Phi) is 6.94. The molecule has 0 saturated carbocycles. The maximum atomic E-state index is 12.3. The van der Waals surface area contributed by atoms with Crippen LogP contribution in [0.4, 0.5) is 0 Å². The number of methoxy groups -OCH3 is 1. The predicted molar refractivity (Wildman–Crippen MR) is 121 cm³/mol. The Labute approximate surface area is 189 Å². The first-order chi connectivity index (χ1) is 14.8. The van der Waals surface area contributed by atoms with E-state index in [9.17, 15) is 14.7 Å². The van der Waals surface area contributed by atoms with E-state index in [1.54, 1.807) is 19.1 Å². The van der Waals surface area contributed by atoms with E-state index in [4.69, 9.17) is 33.3 Å². The van der Waals surface area contributed by atoms with Gasteiger partial charge in [-0.2, -0.15) is 0 Å². The number of benzene rings is 2. The standard InChI is InChI=1S/C22H19ClN2O5S/c1-12-18(21(27)28)19(25-22(31)24-12)14-10-15(23)20(16(11-14)29-2)30-17(26)9-8-13-6-4-3-5-7-13/h3-11,19H,1-2H3,(H,27,28)(H2,24,25,31). The van der Waals surface area contributed by atoms with Crippen LogP contribution in [0.25, 0.3) is 6.08 Å². The molecule has 1 atom stereocenters. The van der Waals surface area contributed by atoms with E-state index in [1.165, 1.54) is 19.3 Å². The highest BCUT2D eigenvalue weighted by atomic mass is 35.5. The molecule has 9 heteroatoms. The number of carbonyl (C=O) groups excluding carboxylic acids is 1. The molecule has 0 saturated heterocycles. The molecule has 160 valence electrons. The summed E-state index contributed by atoms with van der Waals surface area (Å²) in [4.78, 5) is 24.0. The highest BCUT2D eigenvalue weighted by molar-refractivity contribution is 7.80. The molecule has 0 aliphatic carbocycles. The van der Waals surface area contributed by atoms with Gasteiger partial charge in [0.1, 0.15) is 0 Å². The van der Waals surface area contributed by atoms with Crippen molar-refractivity contribution in [1.82, 2.24) is 10.6 Å². The average Bonchev–Trinajstić information content (AvgIpc) is 2.73. The molecule has 1 heterocycles. The lowest BCUT2D eigenvalue weighted by Crippen LogP contribution is -2.44. The van der Waals surface area contributed by atoms with Crippen LogP contribution in [0, 0.1) is 0 Å². The van der Waals surface area contributed by atoms with Gasteiger partial charge in [-0.15, -0.1) is 0 Å².